The molecule has 0 amide bonds. The fourth-order valence-corrected chi connectivity index (χ4v) is 4.89. The molecule has 0 aromatic carbocycles. The first-order valence-electron chi connectivity index (χ1n) is 12.3. The van der Waals surface area contributed by atoms with E-state index in [2.05, 4.69) is 27.4 Å². The van der Waals surface area contributed by atoms with Crippen molar-refractivity contribution in [2.24, 2.45) is 35.5 Å². The quantitative estimate of drug-likeness (QED) is 0.230. The van der Waals surface area contributed by atoms with Crippen molar-refractivity contribution in [1.82, 2.24) is 0 Å². The molecule has 0 spiro atoms. The Morgan fingerprint density at radius 2 is 1.65 bits per heavy atom. The topological polar surface area (TPSA) is 96.0 Å². The first-order chi connectivity index (χ1) is 14.8. The number of aliphatic hydroxyl groups excluding tert-OH is 1. The number of ketones is 2. The highest BCUT2D eigenvalue weighted by atomic mass is 16.3. The standard InChI is InChI=1S/C19H30O3.3C2H6.CH2O2/c1-5-6-7-13-14-9-8-12(4)18(21)17(14)19(22)15(10-20)16(13)11(2)3;3*1-2;2-1-3/h11,13-17,20H,4-10H2,1-3H3;3*1-2H3;1H,(H,2,3)/p+1. The number of aliphatic hydroxyl groups is 1. The third kappa shape index (κ3) is 9.67. The van der Waals surface area contributed by atoms with Crippen LogP contribution >= 0.6 is 0 Å². The van der Waals surface area contributed by atoms with Crippen LogP contribution in [0.5, 0.6) is 0 Å². The Kier molecular flexibility index (Phi) is 22.5. The molecule has 0 bridgehead atoms. The smallest absolute Gasteiger partial charge is 0.329 e. The molecule has 184 valence electrons. The minimum atomic E-state index is -0.421. The molecule has 2 aliphatic rings. The van der Waals surface area contributed by atoms with Gasteiger partial charge in [-0.15, -0.1) is 0 Å². The van der Waals surface area contributed by atoms with E-state index in [0.717, 1.165) is 32.1 Å². The van der Waals surface area contributed by atoms with Gasteiger partial charge in [-0.3, -0.25) is 14.4 Å². The van der Waals surface area contributed by atoms with Crippen LogP contribution in [0.4, 0.5) is 0 Å². The number of unbranched alkanes of at least 4 members (excludes halogenated alkanes) is 1. The number of rotatable bonds is 5. The first-order valence-corrected chi connectivity index (χ1v) is 12.3. The van der Waals surface area contributed by atoms with Crippen LogP contribution in [0.15, 0.2) is 12.2 Å². The predicted octanol–water partition coefficient (Wildman–Crippen LogP) is 6.16. The molecule has 2 fully saturated rings. The number of allylic oxidation sites excluding steroid dienone is 1. The van der Waals surface area contributed by atoms with E-state index < -0.39 is 5.92 Å². The second-order valence-electron chi connectivity index (χ2n) is 7.59. The zero-order valence-corrected chi connectivity index (χ0v) is 21.6. The van der Waals surface area contributed by atoms with Gasteiger partial charge in [0.05, 0.1) is 6.61 Å². The average Bonchev–Trinajstić information content (AvgIpc) is 2.79. The Morgan fingerprint density at radius 3 is 2.03 bits per heavy atom. The summed E-state index contributed by atoms with van der Waals surface area (Å²) in [5, 5.41) is 16.7. The van der Waals surface area contributed by atoms with Gasteiger partial charge < -0.3 is 10.2 Å². The van der Waals surface area contributed by atoms with Crippen molar-refractivity contribution in [3.63, 3.8) is 0 Å². The summed E-state index contributed by atoms with van der Waals surface area (Å²) in [5.74, 6) is 0.711. The molecule has 0 radical (unpaired) electrons. The maximum atomic E-state index is 12.9. The van der Waals surface area contributed by atoms with Crippen LogP contribution in [0, 0.1) is 35.5 Å². The van der Waals surface area contributed by atoms with Crippen LogP contribution < -0.4 is 0 Å². The fraction of sp³-hybridized carbons (Fsp3) is 0.808. The molecule has 2 aliphatic carbocycles. The normalized spacial score (nSPS) is 26.4. The Balaban J connectivity index is -0.000000765. The SMILES string of the molecule is C=C1CCC2C(C(=O)C(CO)C(C(C)C)C2CCCC)C1=[OH+].CC.CC.CC.O=CO. The van der Waals surface area contributed by atoms with E-state index in [-0.39, 0.29) is 42.4 Å². The van der Waals surface area contributed by atoms with Gasteiger partial charge in [0.25, 0.3) is 6.47 Å². The lowest BCUT2D eigenvalue weighted by Crippen LogP contribution is -2.54. The molecule has 2 saturated carbocycles. The third-order valence-electron chi connectivity index (χ3n) is 5.90. The summed E-state index contributed by atoms with van der Waals surface area (Å²) in [4.78, 5) is 31.7. The van der Waals surface area contributed by atoms with Gasteiger partial charge in [-0.1, -0.05) is 81.7 Å². The van der Waals surface area contributed by atoms with Crippen LogP contribution in [0.25, 0.3) is 0 Å². The molecule has 0 saturated heterocycles. The maximum absolute atomic E-state index is 12.9. The van der Waals surface area contributed by atoms with Gasteiger partial charge in [-0.05, 0) is 42.9 Å². The monoisotopic (exact) mass is 443 g/mol. The maximum Gasteiger partial charge on any atom is 0.329 e. The van der Waals surface area contributed by atoms with Crippen LogP contribution in [-0.2, 0) is 9.59 Å². The van der Waals surface area contributed by atoms with Gasteiger partial charge in [0, 0.05) is 11.5 Å². The van der Waals surface area contributed by atoms with Gasteiger partial charge >= 0.3 is 5.78 Å². The van der Waals surface area contributed by atoms with Gasteiger partial charge in [0.1, 0.15) is 5.92 Å². The minimum absolute atomic E-state index is 0.0392. The Hall–Kier alpha value is -1.49. The van der Waals surface area contributed by atoms with Gasteiger partial charge in [-0.2, -0.15) is 0 Å². The molecular weight excluding hydrogens is 392 g/mol. The molecule has 31 heavy (non-hydrogen) atoms. The fourth-order valence-electron chi connectivity index (χ4n) is 4.89. The van der Waals surface area contributed by atoms with Crippen molar-refractivity contribution in [3.8, 4) is 0 Å². The number of Topliss-reactive ketones (excluding diaryl/α,β-unsaturated/α-hetero) is 1. The van der Waals surface area contributed by atoms with Crippen LogP contribution in [0.2, 0.25) is 0 Å². The van der Waals surface area contributed by atoms with Crippen molar-refractivity contribution in [1.29, 1.82) is 0 Å². The highest BCUT2D eigenvalue weighted by Gasteiger charge is 2.56. The van der Waals surface area contributed by atoms with E-state index in [1.807, 2.05) is 41.5 Å². The number of hydrogen-bond donors (Lipinski definition) is 2. The van der Waals surface area contributed by atoms with Crippen LogP contribution in [-0.4, -0.2) is 39.7 Å². The van der Waals surface area contributed by atoms with E-state index >= 15 is 0 Å². The molecular formula is C26H51O5+. The van der Waals surface area contributed by atoms with Gasteiger partial charge in [-0.25, -0.2) is 0 Å². The Labute approximate surface area is 191 Å². The summed E-state index contributed by atoms with van der Waals surface area (Å²) >= 11 is 0. The summed E-state index contributed by atoms with van der Waals surface area (Å²) in [5.41, 5.74) is 0.712. The lowest BCUT2D eigenvalue weighted by molar-refractivity contribution is -0.139. The van der Waals surface area contributed by atoms with Crippen LogP contribution in [0.3, 0.4) is 0 Å². The number of carbonyl (C=O) groups is 2. The minimum Gasteiger partial charge on any atom is -0.483 e. The summed E-state index contributed by atoms with van der Waals surface area (Å²) in [7, 11) is 0. The molecule has 0 aliphatic heterocycles. The number of fused-ring (bicyclic) bond motifs is 1. The summed E-state index contributed by atoms with van der Waals surface area (Å²) in [6, 6.07) is 0. The molecule has 5 heteroatoms. The highest BCUT2D eigenvalue weighted by Crippen LogP contribution is 2.50. The molecule has 5 atom stereocenters. The lowest BCUT2D eigenvalue weighted by atomic mass is 9.53. The van der Waals surface area contributed by atoms with E-state index in [4.69, 9.17) is 9.90 Å². The highest BCUT2D eigenvalue weighted by molar-refractivity contribution is 6.12. The molecule has 0 aromatic rings. The number of carboxylic acid groups (broad SMARTS) is 1. The van der Waals surface area contributed by atoms with Crippen molar-refractivity contribution < 1.29 is 24.6 Å². The van der Waals surface area contributed by atoms with E-state index in [1.165, 1.54) is 0 Å². The van der Waals surface area contributed by atoms with E-state index in [0.29, 0.717) is 17.4 Å². The molecule has 5 unspecified atom stereocenters. The largest absolute Gasteiger partial charge is 0.483 e. The second-order valence-corrected chi connectivity index (χ2v) is 7.59. The summed E-state index contributed by atoms with van der Waals surface area (Å²) in [6.45, 7) is 22.1. The molecule has 0 heterocycles. The predicted molar refractivity (Wildman–Crippen MR) is 132 cm³/mol. The lowest BCUT2D eigenvalue weighted by Gasteiger charge is -2.48. The average molecular weight is 444 g/mol. The molecule has 0 aromatic heterocycles. The van der Waals surface area contributed by atoms with E-state index in [1.54, 1.807) is 0 Å². The Bertz CT molecular complexity index is 498. The van der Waals surface area contributed by atoms with Crippen LogP contribution in [0.1, 0.15) is 94.4 Å². The summed E-state index contributed by atoms with van der Waals surface area (Å²) in [6.07, 6.45) is 5.10. The van der Waals surface area contributed by atoms with Gasteiger partial charge in [0.2, 0.25) is 0 Å². The Morgan fingerprint density at radius 1 is 1.16 bits per heavy atom. The zero-order chi connectivity index (χ0) is 25.1. The first kappa shape index (κ1) is 34.1. The molecule has 3 N–H and O–H groups in total. The summed E-state index contributed by atoms with van der Waals surface area (Å²) < 4.78 is 0. The van der Waals surface area contributed by atoms with Crippen molar-refractivity contribution in [3.05, 3.63) is 12.2 Å². The number of hydrogen-bond acceptors (Lipinski definition) is 3. The van der Waals surface area contributed by atoms with E-state index in [9.17, 15) is 14.7 Å². The van der Waals surface area contributed by atoms with Crippen molar-refractivity contribution in [2.45, 2.75) is 94.4 Å². The molecule has 2 rings (SSSR count). The van der Waals surface area contributed by atoms with Crippen molar-refractivity contribution >= 4 is 18.0 Å². The second kappa shape index (κ2) is 20.4. The number of carbonyl (C=O) groups excluding carboxylic acids is 2. The zero-order valence-electron chi connectivity index (χ0n) is 21.6. The third-order valence-corrected chi connectivity index (χ3v) is 5.90. The van der Waals surface area contributed by atoms with Gasteiger partial charge in [0.15, 0.2) is 5.78 Å². The van der Waals surface area contributed by atoms with Crippen molar-refractivity contribution in [2.75, 3.05) is 6.61 Å². The molecule has 5 nitrogen and oxygen atoms in total.